The van der Waals surface area contributed by atoms with Crippen LogP contribution >= 0.6 is 0 Å². The monoisotopic (exact) mass is 249 g/mol. The average Bonchev–Trinajstić information content (AvgIpc) is 2.36. The van der Waals surface area contributed by atoms with Gasteiger partial charge in [0.2, 0.25) is 0 Å². The Morgan fingerprint density at radius 2 is 2.00 bits per heavy atom. The third-order valence-corrected chi connectivity index (χ3v) is 2.76. The zero-order valence-electron chi connectivity index (χ0n) is 10.8. The van der Waals surface area contributed by atoms with Crippen LogP contribution in [0.1, 0.15) is 36.2 Å². The summed E-state index contributed by atoms with van der Waals surface area (Å²) in [6.45, 7) is 3.59. The van der Waals surface area contributed by atoms with Crippen LogP contribution < -0.4 is 5.73 Å². The minimum absolute atomic E-state index is 0.0383. The normalized spacial score (nSPS) is 11.9. The number of ether oxygens (including phenoxy) is 1. The molecule has 0 radical (unpaired) electrons. The Bertz CT molecular complexity index is 429. The van der Waals surface area contributed by atoms with Crippen molar-refractivity contribution < 1.29 is 14.3 Å². The van der Waals surface area contributed by atoms with E-state index in [-0.39, 0.29) is 11.8 Å². The molecular weight excluding hydrogens is 230 g/mol. The van der Waals surface area contributed by atoms with Crippen molar-refractivity contribution in [2.45, 2.75) is 32.7 Å². The van der Waals surface area contributed by atoms with Crippen LogP contribution in [-0.2, 0) is 16.0 Å². The second kappa shape index (κ2) is 6.91. The predicted molar refractivity (Wildman–Crippen MR) is 69.4 cm³/mol. The van der Waals surface area contributed by atoms with Crippen molar-refractivity contribution in [2.75, 3.05) is 6.61 Å². The Morgan fingerprint density at radius 3 is 2.61 bits per heavy atom. The zero-order valence-corrected chi connectivity index (χ0v) is 10.8. The number of Topliss-reactive ketones (excluding diaryl/α,β-unsaturated/α-hetero) is 1. The molecule has 0 saturated heterocycles. The minimum Gasteiger partial charge on any atom is -0.462 e. The fourth-order valence-electron chi connectivity index (χ4n) is 1.66. The molecule has 0 aromatic heterocycles. The van der Waals surface area contributed by atoms with Gasteiger partial charge in [0.15, 0.2) is 0 Å². The van der Waals surface area contributed by atoms with E-state index in [2.05, 4.69) is 0 Å². The molecule has 4 nitrogen and oxygen atoms in total. The lowest BCUT2D eigenvalue weighted by atomic mass is 9.99. The molecule has 0 amide bonds. The first-order chi connectivity index (χ1) is 8.56. The van der Waals surface area contributed by atoms with Gasteiger partial charge in [0.05, 0.1) is 18.2 Å². The number of nitrogens with two attached hydrogens (primary N) is 1. The fourth-order valence-corrected chi connectivity index (χ4v) is 1.66. The molecule has 0 aliphatic rings. The highest BCUT2D eigenvalue weighted by molar-refractivity contribution is 5.91. The van der Waals surface area contributed by atoms with Crippen LogP contribution in [-0.4, -0.2) is 24.4 Å². The van der Waals surface area contributed by atoms with Crippen LogP contribution in [0.4, 0.5) is 0 Å². The summed E-state index contributed by atoms with van der Waals surface area (Å²) in [4.78, 5) is 22.8. The van der Waals surface area contributed by atoms with Gasteiger partial charge in [-0.1, -0.05) is 18.2 Å². The van der Waals surface area contributed by atoms with Gasteiger partial charge in [0.1, 0.15) is 5.78 Å². The van der Waals surface area contributed by atoms with E-state index in [1.807, 2.05) is 12.1 Å². The molecule has 1 atom stereocenters. The van der Waals surface area contributed by atoms with Crippen LogP contribution in [0.25, 0.3) is 0 Å². The Morgan fingerprint density at radius 1 is 1.33 bits per heavy atom. The molecule has 1 unspecified atom stereocenters. The van der Waals surface area contributed by atoms with E-state index in [4.69, 9.17) is 10.5 Å². The Kier molecular flexibility index (Phi) is 5.52. The van der Waals surface area contributed by atoms with E-state index in [9.17, 15) is 9.59 Å². The number of ketones is 1. The highest BCUT2D eigenvalue weighted by Crippen LogP contribution is 2.13. The van der Waals surface area contributed by atoms with Gasteiger partial charge in [0.25, 0.3) is 0 Å². The molecule has 4 heteroatoms. The molecule has 0 heterocycles. The molecule has 0 saturated carbocycles. The van der Waals surface area contributed by atoms with Crippen LogP contribution in [0.2, 0.25) is 0 Å². The van der Waals surface area contributed by atoms with E-state index in [0.29, 0.717) is 25.0 Å². The van der Waals surface area contributed by atoms with Crippen molar-refractivity contribution in [1.29, 1.82) is 0 Å². The Labute approximate surface area is 107 Å². The summed E-state index contributed by atoms with van der Waals surface area (Å²) in [7, 11) is 0. The van der Waals surface area contributed by atoms with E-state index in [1.54, 1.807) is 19.1 Å². The van der Waals surface area contributed by atoms with Gasteiger partial charge in [0, 0.05) is 0 Å². The first-order valence-corrected chi connectivity index (χ1v) is 6.07. The molecule has 0 spiro atoms. The standard InChI is InChI=1S/C14H19NO3/c1-3-18-14(17)12-7-5-4-6-11(12)8-9-13(15)10(2)16/h4-7,13H,3,8-9,15H2,1-2H3. The van der Waals surface area contributed by atoms with Crippen LogP contribution in [0.15, 0.2) is 24.3 Å². The lowest BCUT2D eigenvalue weighted by Gasteiger charge is -2.11. The van der Waals surface area contributed by atoms with Gasteiger partial charge in [-0.15, -0.1) is 0 Å². The summed E-state index contributed by atoms with van der Waals surface area (Å²) in [5, 5.41) is 0. The Balaban J connectivity index is 2.76. The topological polar surface area (TPSA) is 69.4 Å². The van der Waals surface area contributed by atoms with Gasteiger partial charge in [-0.2, -0.15) is 0 Å². The van der Waals surface area contributed by atoms with Crippen molar-refractivity contribution in [1.82, 2.24) is 0 Å². The first-order valence-electron chi connectivity index (χ1n) is 6.07. The quantitative estimate of drug-likeness (QED) is 0.779. The molecule has 1 aromatic carbocycles. The lowest BCUT2D eigenvalue weighted by Crippen LogP contribution is -2.28. The molecule has 0 aliphatic heterocycles. The van der Waals surface area contributed by atoms with Crippen LogP contribution in [0.5, 0.6) is 0 Å². The maximum atomic E-state index is 11.7. The number of aryl methyl sites for hydroxylation is 1. The van der Waals surface area contributed by atoms with Gasteiger partial charge in [-0.3, -0.25) is 4.79 Å². The summed E-state index contributed by atoms with van der Waals surface area (Å²) in [5.41, 5.74) is 7.10. The molecular formula is C14H19NO3. The summed E-state index contributed by atoms with van der Waals surface area (Å²) < 4.78 is 4.99. The molecule has 0 bridgehead atoms. The van der Waals surface area contributed by atoms with Gasteiger partial charge in [-0.25, -0.2) is 4.79 Å². The predicted octanol–water partition coefficient (Wildman–Crippen LogP) is 1.71. The Hall–Kier alpha value is -1.68. The number of hydrogen-bond donors (Lipinski definition) is 1. The van der Waals surface area contributed by atoms with Crippen LogP contribution in [0, 0.1) is 0 Å². The van der Waals surface area contributed by atoms with Crippen molar-refractivity contribution in [3.8, 4) is 0 Å². The van der Waals surface area contributed by atoms with Crippen molar-refractivity contribution in [3.63, 3.8) is 0 Å². The number of benzene rings is 1. The number of carbonyl (C=O) groups is 2. The van der Waals surface area contributed by atoms with Crippen LogP contribution in [0.3, 0.4) is 0 Å². The van der Waals surface area contributed by atoms with E-state index in [0.717, 1.165) is 5.56 Å². The second-order valence-corrected chi connectivity index (χ2v) is 4.13. The minimum atomic E-state index is -0.472. The van der Waals surface area contributed by atoms with Gasteiger partial charge in [-0.05, 0) is 38.3 Å². The van der Waals surface area contributed by atoms with E-state index < -0.39 is 6.04 Å². The summed E-state index contributed by atoms with van der Waals surface area (Å²) in [5.74, 6) is -0.367. The number of carbonyl (C=O) groups excluding carboxylic acids is 2. The smallest absolute Gasteiger partial charge is 0.338 e. The lowest BCUT2D eigenvalue weighted by molar-refractivity contribution is -0.118. The number of esters is 1. The summed E-state index contributed by atoms with van der Waals surface area (Å²) in [6.07, 6.45) is 1.13. The third-order valence-electron chi connectivity index (χ3n) is 2.76. The molecule has 2 N–H and O–H groups in total. The highest BCUT2D eigenvalue weighted by Gasteiger charge is 2.14. The molecule has 1 rings (SSSR count). The van der Waals surface area contributed by atoms with Crippen molar-refractivity contribution in [2.24, 2.45) is 5.73 Å². The zero-order chi connectivity index (χ0) is 13.5. The molecule has 0 aliphatic carbocycles. The van der Waals surface area contributed by atoms with E-state index >= 15 is 0 Å². The van der Waals surface area contributed by atoms with Crippen molar-refractivity contribution >= 4 is 11.8 Å². The molecule has 98 valence electrons. The first kappa shape index (κ1) is 14.4. The third kappa shape index (κ3) is 3.96. The second-order valence-electron chi connectivity index (χ2n) is 4.13. The largest absolute Gasteiger partial charge is 0.462 e. The SMILES string of the molecule is CCOC(=O)c1ccccc1CCC(N)C(C)=O. The number of hydrogen-bond acceptors (Lipinski definition) is 4. The molecule has 18 heavy (non-hydrogen) atoms. The summed E-state index contributed by atoms with van der Waals surface area (Å²) in [6, 6.07) is 6.77. The highest BCUT2D eigenvalue weighted by atomic mass is 16.5. The maximum Gasteiger partial charge on any atom is 0.338 e. The average molecular weight is 249 g/mol. The summed E-state index contributed by atoms with van der Waals surface area (Å²) >= 11 is 0. The van der Waals surface area contributed by atoms with Crippen molar-refractivity contribution in [3.05, 3.63) is 35.4 Å². The van der Waals surface area contributed by atoms with Gasteiger partial charge < -0.3 is 10.5 Å². The fraction of sp³-hybridized carbons (Fsp3) is 0.429. The molecule has 1 aromatic rings. The molecule has 0 fully saturated rings. The number of rotatable bonds is 6. The van der Waals surface area contributed by atoms with E-state index in [1.165, 1.54) is 6.92 Å². The van der Waals surface area contributed by atoms with Gasteiger partial charge >= 0.3 is 5.97 Å². The maximum absolute atomic E-state index is 11.7.